The third kappa shape index (κ3) is 5.75. The minimum Gasteiger partial charge on any atom is -0.355 e. The standard InChI is InChI=1S/C19H29N5O3/c1-5-20-19(27)16-11-14(12-24(16)10-6-7-13(2)3)21-18(26)15-8-9-17(25)23(4)22-15/h7-9,14,16H,5-6,10-12H2,1-4H3,(H,20,27)(H,21,26)/t14-,16-/m0/s1. The van der Waals surface area contributed by atoms with E-state index in [1.54, 1.807) is 0 Å². The summed E-state index contributed by atoms with van der Waals surface area (Å²) in [6.45, 7) is 7.94. The molecule has 0 aromatic carbocycles. The third-order valence-electron chi connectivity index (χ3n) is 4.55. The molecule has 1 aliphatic rings. The van der Waals surface area contributed by atoms with E-state index in [0.717, 1.165) is 17.6 Å². The average Bonchev–Trinajstić information content (AvgIpc) is 3.00. The summed E-state index contributed by atoms with van der Waals surface area (Å²) in [6.07, 6.45) is 3.56. The number of aromatic nitrogens is 2. The van der Waals surface area contributed by atoms with E-state index in [0.29, 0.717) is 19.5 Å². The number of nitrogens with one attached hydrogen (secondary N) is 2. The van der Waals surface area contributed by atoms with E-state index >= 15 is 0 Å². The molecule has 2 N–H and O–H groups in total. The van der Waals surface area contributed by atoms with Crippen molar-refractivity contribution in [2.75, 3.05) is 19.6 Å². The summed E-state index contributed by atoms with van der Waals surface area (Å²) in [6, 6.07) is 2.34. The fourth-order valence-corrected chi connectivity index (χ4v) is 3.22. The summed E-state index contributed by atoms with van der Waals surface area (Å²) in [4.78, 5) is 38.4. The van der Waals surface area contributed by atoms with Gasteiger partial charge in [-0.2, -0.15) is 5.10 Å². The number of allylic oxidation sites excluding steroid dienone is 1. The number of likely N-dealkylation sites (tertiary alicyclic amines) is 1. The molecule has 0 spiro atoms. The zero-order valence-corrected chi connectivity index (χ0v) is 16.5. The van der Waals surface area contributed by atoms with E-state index in [1.165, 1.54) is 24.8 Å². The van der Waals surface area contributed by atoms with Gasteiger partial charge in [0.05, 0.1) is 6.04 Å². The molecule has 1 aromatic heterocycles. The molecule has 0 radical (unpaired) electrons. The Labute approximate surface area is 159 Å². The molecule has 1 fully saturated rings. The van der Waals surface area contributed by atoms with Gasteiger partial charge in [0.25, 0.3) is 11.5 Å². The Kier molecular flexibility index (Phi) is 7.29. The van der Waals surface area contributed by atoms with Crippen LogP contribution in [0.4, 0.5) is 0 Å². The topological polar surface area (TPSA) is 96.3 Å². The molecule has 1 saturated heterocycles. The average molecular weight is 375 g/mol. The van der Waals surface area contributed by atoms with Gasteiger partial charge in [0, 0.05) is 38.8 Å². The fraction of sp³-hybridized carbons (Fsp3) is 0.579. The number of carbonyl (C=O) groups excluding carboxylic acids is 2. The first-order chi connectivity index (χ1) is 12.8. The van der Waals surface area contributed by atoms with Crippen LogP contribution in [0.5, 0.6) is 0 Å². The Hall–Kier alpha value is -2.48. The lowest BCUT2D eigenvalue weighted by atomic mass is 10.1. The second-order valence-electron chi connectivity index (χ2n) is 7.06. The van der Waals surface area contributed by atoms with Gasteiger partial charge in [0.2, 0.25) is 5.91 Å². The largest absolute Gasteiger partial charge is 0.355 e. The lowest BCUT2D eigenvalue weighted by molar-refractivity contribution is -0.125. The molecule has 0 unspecified atom stereocenters. The highest BCUT2D eigenvalue weighted by atomic mass is 16.2. The Morgan fingerprint density at radius 1 is 1.33 bits per heavy atom. The fourth-order valence-electron chi connectivity index (χ4n) is 3.22. The van der Waals surface area contributed by atoms with Gasteiger partial charge in [-0.3, -0.25) is 19.3 Å². The molecule has 0 bridgehead atoms. The zero-order valence-electron chi connectivity index (χ0n) is 16.5. The van der Waals surface area contributed by atoms with Crippen LogP contribution in [0.1, 0.15) is 44.1 Å². The minimum atomic E-state index is -0.337. The van der Waals surface area contributed by atoms with Crippen LogP contribution in [0.15, 0.2) is 28.6 Å². The van der Waals surface area contributed by atoms with Crippen molar-refractivity contribution in [3.05, 3.63) is 39.8 Å². The van der Waals surface area contributed by atoms with E-state index in [-0.39, 0.29) is 35.2 Å². The van der Waals surface area contributed by atoms with Gasteiger partial charge in [-0.15, -0.1) is 0 Å². The predicted molar refractivity (Wildman–Crippen MR) is 103 cm³/mol. The van der Waals surface area contributed by atoms with Crippen molar-refractivity contribution in [3.8, 4) is 0 Å². The third-order valence-corrected chi connectivity index (χ3v) is 4.55. The summed E-state index contributed by atoms with van der Waals surface area (Å²) in [5.41, 5.74) is 1.16. The SMILES string of the molecule is CCNC(=O)[C@@H]1C[C@H](NC(=O)c2ccc(=O)n(C)n2)CN1CCC=C(C)C. The molecule has 0 aliphatic carbocycles. The van der Waals surface area contributed by atoms with Crippen molar-refractivity contribution < 1.29 is 9.59 Å². The number of hydrogen-bond acceptors (Lipinski definition) is 5. The first kappa shape index (κ1) is 20.8. The van der Waals surface area contributed by atoms with Gasteiger partial charge in [0.15, 0.2) is 0 Å². The summed E-state index contributed by atoms with van der Waals surface area (Å²) < 4.78 is 1.13. The number of hydrogen-bond donors (Lipinski definition) is 2. The molecule has 8 nitrogen and oxygen atoms in total. The molecule has 8 heteroatoms. The van der Waals surface area contributed by atoms with Gasteiger partial charge in [0.1, 0.15) is 5.69 Å². The number of carbonyl (C=O) groups is 2. The molecular formula is C19H29N5O3. The molecule has 27 heavy (non-hydrogen) atoms. The molecule has 1 aromatic rings. The Morgan fingerprint density at radius 3 is 2.70 bits per heavy atom. The van der Waals surface area contributed by atoms with E-state index in [2.05, 4.69) is 40.6 Å². The van der Waals surface area contributed by atoms with E-state index in [4.69, 9.17) is 0 Å². The molecule has 2 heterocycles. The van der Waals surface area contributed by atoms with Gasteiger partial charge in [-0.1, -0.05) is 11.6 Å². The molecule has 1 aliphatic heterocycles. The van der Waals surface area contributed by atoms with Crippen molar-refractivity contribution in [2.45, 2.75) is 45.7 Å². The summed E-state index contributed by atoms with van der Waals surface area (Å²) in [7, 11) is 1.50. The van der Waals surface area contributed by atoms with Gasteiger partial charge >= 0.3 is 0 Å². The number of nitrogens with zero attached hydrogens (tertiary/aromatic N) is 3. The quantitative estimate of drug-likeness (QED) is 0.675. The number of aryl methyl sites for hydroxylation is 1. The van der Waals surface area contributed by atoms with E-state index in [9.17, 15) is 14.4 Å². The van der Waals surface area contributed by atoms with Crippen LogP contribution in [0.3, 0.4) is 0 Å². The van der Waals surface area contributed by atoms with Crippen LogP contribution >= 0.6 is 0 Å². The molecule has 2 atom stereocenters. The highest BCUT2D eigenvalue weighted by Gasteiger charge is 2.36. The van der Waals surface area contributed by atoms with Crippen LogP contribution in [0, 0.1) is 0 Å². The molecule has 0 saturated carbocycles. The Morgan fingerprint density at radius 2 is 2.07 bits per heavy atom. The first-order valence-electron chi connectivity index (χ1n) is 9.32. The predicted octanol–water partition coefficient (Wildman–Crippen LogP) is 0.445. The zero-order chi connectivity index (χ0) is 20.0. The highest BCUT2D eigenvalue weighted by Crippen LogP contribution is 2.19. The first-order valence-corrected chi connectivity index (χ1v) is 9.32. The molecular weight excluding hydrogens is 346 g/mol. The van der Waals surface area contributed by atoms with Crippen molar-refractivity contribution in [1.82, 2.24) is 25.3 Å². The van der Waals surface area contributed by atoms with Crippen molar-refractivity contribution in [2.24, 2.45) is 7.05 Å². The van der Waals surface area contributed by atoms with Gasteiger partial charge in [-0.25, -0.2) is 4.68 Å². The number of likely N-dealkylation sites (N-methyl/N-ethyl adjacent to an activating group) is 1. The maximum atomic E-state index is 12.5. The highest BCUT2D eigenvalue weighted by molar-refractivity contribution is 5.92. The summed E-state index contributed by atoms with van der Waals surface area (Å²) in [5.74, 6) is -0.344. The minimum absolute atomic E-state index is 0.00770. The van der Waals surface area contributed by atoms with Gasteiger partial charge < -0.3 is 10.6 Å². The lowest BCUT2D eigenvalue weighted by Crippen LogP contribution is -2.43. The number of rotatable bonds is 7. The van der Waals surface area contributed by atoms with Crippen LogP contribution in [0.2, 0.25) is 0 Å². The van der Waals surface area contributed by atoms with Crippen LogP contribution in [-0.2, 0) is 11.8 Å². The second kappa shape index (κ2) is 9.45. The van der Waals surface area contributed by atoms with Crippen molar-refractivity contribution in [3.63, 3.8) is 0 Å². The van der Waals surface area contributed by atoms with Crippen LogP contribution in [0.25, 0.3) is 0 Å². The number of amides is 2. The van der Waals surface area contributed by atoms with E-state index in [1.807, 2.05) is 6.92 Å². The smallest absolute Gasteiger partial charge is 0.271 e. The Bertz CT molecular complexity index is 767. The molecule has 148 valence electrons. The van der Waals surface area contributed by atoms with Crippen molar-refractivity contribution >= 4 is 11.8 Å². The monoisotopic (exact) mass is 375 g/mol. The van der Waals surface area contributed by atoms with Crippen LogP contribution < -0.4 is 16.2 Å². The summed E-state index contributed by atoms with van der Waals surface area (Å²) >= 11 is 0. The Balaban J connectivity index is 2.05. The summed E-state index contributed by atoms with van der Waals surface area (Å²) in [5, 5.41) is 9.80. The van der Waals surface area contributed by atoms with Gasteiger partial charge in [-0.05, 0) is 39.7 Å². The second-order valence-corrected chi connectivity index (χ2v) is 7.06. The van der Waals surface area contributed by atoms with Crippen molar-refractivity contribution in [1.29, 1.82) is 0 Å². The molecule has 2 amide bonds. The maximum Gasteiger partial charge on any atom is 0.271 e. The maximum absolute atomic E-state index is 12.5. The lowest BCUT2D eigenvalue weighted by Gasteiger charge is -2.22. The van der Waals surface area contributed by atoms with E-state index < -0.39 is 0 Å². The van der Waals surface area contributed by atoms with Crippen LogP contribution in [-0.4, -0.2) is 58.2 Å². The normalized spacial score (nSPS) is 19.6. The molecule has 2 rings (SSSR count).